The number of unbranched alkanes of at least 4 members (excludes halogenated alkanes) is 3. The van der Waals surface area contributed by atoms with Gasteiger partial charge in [0.1, 0.15) is 0 Å². The van der Waals surface area contributed by atoms with Crippen LogP contribution in [0.25, 0.3) is 0 Å². The third-order valence-electron chi connectivity index (χ3n) is 3.32. The van der Waals surface area contributed by atoms with E-state index in [9.17, 15) is 4.79 Å². The smallest absolute Gasteiger partial charge is 0.335 e. The molecular formula is C16H26N2O2. The third kappa shape index (κ3) is 5.95. The Bertz CT molecular complexity index is 430. The van der Waals surface area contributed by atoms with Gasteiger partial charge in [-0.15, -0.1) is 0 Å². The monoisotopic (exact) mass is 278 g/mol. The predicted octanol–water partition coefficient (Wildman–Crippen LogP) is 3.99. The van der Waals surface area contributed by atoms with Gasteiger partial charge in [0.2, 0.25) is 0 Å². The second-order valence-electron chi connectivity index (χ2n) is 5.63. The summed E-state index contributed by atoms with van der Waals surface area (Å²) in [5.41, 5.74) is 7.36. The van der Waals surface area contributed by atoms with Gasteiger partial charge < -0.3 is 16.2 Å². The molecule has 112 valence electrons. The lowest BCUT2D eigenvalue weighted by molar-refractivity contribution is 0.0697. The van der Waals surface area contributed by atoms with Gasteiger partial charge in [-0.3, -0.25) is 0 Å². The number of nitrogen functional groups attached to an aromatic ring is 1. The van der Waals surface area contributed by atoms with Gasteiger partial charge in [0, 0.05) is 6.54 Å². The van der Waals surface area contributed by atoms with Gasteiger partial charge in [-0.2, -0.15) is 0 Å². The second kappa shape index (κ2) is 8.46. The van der Waals surface area contributed by atoms with Crippen LogP contribution in [0.3, 0.4) is 0 Å². The SMILES string of the molecule is CC(C)CCCCCCNc1ccc(C(=O)O)cc1N. The minimum absolute atomic E-state index is 0.224. The van der Waals surface area contributed by atoms with E-state index in [0.29, 0.717) is 5.69 Å². The topological polar surface area (TPSA) is 75.3 Å². The summed E-state index contributed by atoms with van der Waals surface area (Å²) in [5, 5.41) is 12.1. The summed E-state index contributed by atoms with van der Waals surface area (Å²) >= 11 is 0. The number of hydrogen-bond acceptors (Lipinski definition) is 3. The molecule has 1 aromatic rings. The summed E-state index contributed by atoms with van der Waals surface area (Å²) < 4.78 is 0. The zero-order valence-corrected chi connectivity index (χ0v) is 12.5. The van der Waals surface area contributed by atoms with Crippen LogP contribution in [0.1, 0.15) is 56.3 Å². The standard InChI is InChI=1S/C16H26N2O2/c1-12(2)7-5-3-4-6-10-18-15-9-8-13(16(19)20)11-14(15)17/h8-9,11-12,18H,3-7,10,17H2,1-2H3,(H,19,20). The summed E-state index contributed by atoms with van der Waals surface area (Å²) in [6, 6.07) is 4.80. The number of carboxylic acids is 1. The van der Waals surface area contributed by atoms with Gasteiger partial charge >= 0.3 is 5.97 Å². The lowest BCUT2D eigenvalue weighted by Gasteiger charge is -2.10. The fourth-order valence-electron chi connectivity index (χ4n) is 2.11. The van der Waals surface area contributed by atoms with Gasteiger partial charge in [0.15, 0.2) is 0 Å². The van der Waals surface area contributed by atoms with Crippen molar-refractivity contribution in [3.63, 3.8) is 0 Å². The molecule has 1 aromatic carbocycles. The lowest BCUT2D eigenvalue weighted by atomic mass is 10.0. The van der Waals surface area contributed by atoms with E-state index < -0.39 is 5.97 Å². The largest absolute Gasteiger partial charge is 0.478 e. The van der Waals surface area contributed by atoms with Crippen molar-refractivity contribution in [2.45, 2.75) is 46.0 Å². The van der Waals surface area contributed by atoms with Crippen molar-refractivity contribution in [3.8, 4) is 0 Å². The molecule has 4 nitrogen and oxygen atoms in total. The molecule has 0 amide bonds. The molecule has 0 atom stereocenters. The predicted molar refractivity (Wildman–Crippen MR) is 84.2 cm³/mol. The average molecular weight is 278 g/mol. The molecule has 0 heterocycles. The fourth-order valence-corrected chi connectivity index (χ4v) is 2.11. The minimum atomic E-state index is -0.951. The van der Waals surface area contributed by atoms with Crippen LogP contribution < -0.4 is 11.1 Å². The Morgan fingerprint density at radius 3 is 2.55 bits per heavy atom. The highest BCUT2D eigenvalue weighted by molar-refractivity contribution is 5.90. The van der Waals surface area contributed by atoms with E-state index in [-0.39, 0.29) is 5.56 Å². The number of carbonyl (C=O) groups is 1. The van der Waals surface area contributed by atoms with E-state index in [0.717, 1.165) is 24.6 Å². The quantitative estimate of drug-likeness (QED) is 0.471. The van der Waals surface area contributed by atoms with E-state index in [1.807, 2.05) is 0 Å². The summed E-state index contributed by atoms with van der Waals surface area (Å²) in [4.78, 5) is 10.8. The molecule has 0 spiro atoms. The number of rotatable bonds is 9. The maximum Gasteiger partial charge on any atom is 0.335 e. The van der Waals surface area contributed by atoms with Crippen molar-refractivity contribution >= 4 is 17.3 Å². The van der Waals surface area contributed by atoms with Crippen molar-refractivity contribution in [1.29, 1.82) is 0 Å². The number of nitrogens with two attached hydrogens (primary N) is 1. The molecule has 0 saturated carbocycles. The molecule has 0 saturated heterocycles. The minimum Gasteiger partial charge on any atom is -0.478 e. The van der Waals surface area contributed by atoms with Crippen LogP contribution in [0.15, 0.2) is 18.2 Å². The fraction of sp³-hybridized carbons (Fsp3) is 0.562. The maximum absolute atomic E-state index is 10.8. The van der Waals surface area contributed by atoms with Gasteiger partial charge in [-0.05, 0) is 30.5 Å². The van der Waals surface area contributed by atoms with Gasteiger partial charge in [0.05, 0.1) is 16.9 Å². The molecule has 1 rings (SSSR count). The van der Waals surface area contributed by atoms with Crippen molar-refractivity contribution in [1.82, 2.24) is 0 Å². The Morgan fingerprint density at radius 2 is 1.95 bits per heavy atom. The molecule has 0 aliphatic heterocycles. The van der Waals surface area contributed by atoms with Gasteiger partial charge in [0.25, 0.3) is 0 Å². The average Bonchev–Trinajstić information content (AvgIpc) is 2.38. The molecule has 20 heavy (non-hydrogen) atoms. The number of carboxylic acid groups (broad SMARTS) is 1. The molecule has 0 aromatic heterocycles. The number of benzene rings is 1. The molecule has 0 radical (unpaired) electrons. The normalized spacial score (nSPS) is 10.8. The maximum atomic E-state index is 10.8. The summed E-state index contributed by atoms with van der Waals surface area (Å²) in [6.45, 7) is 5.38. The Hall–Kier alpha value is -1.71. The molecule has 0 fully saturated rings. The van der Waals surface area contributed by atoms with Crippen LogP contribution in [0.2, 0.25) is 0 Å². The third-order valence-corrected chi connectivity index (χ3v) is 3.32. The first-order valence-electron chi connectivity index (χ1n) is 7.37. The highest BCUT2D eigenvalue weighted by Crippen LogP contribution is 2.20. The Labute approximate surface area is 121 Å². The van der Waals surface area contributed by atoms with Crippen molar-refractivity contribution in [2.24, 2.45) is 5.92 Å². The number of nitrogens with one attached hydrogen (secondary N) is 1. The second-order valence-corrected chi connectivity index (χ2v) is 5.63. The molecule has 0 unspecified atom stereocenters. The van der Waals surface area contributed by atoms with Crippen LogP contribution in [-0.4, -0.2) is 17.6 Å². The molecule has 0 aliphatic rings. The van der Waals surface area contributed by atoms with Crippen LogP contribution in [0.4, 0.5) is 11.4 Å². The summed E-state index contributed by atoms with van der Waals surface area (Å²) in [7, 11) is 0. The first-order chi connectivity index (χ1) is 9.50. The van der Waals surface area contributed by atoms with Crippen molar-refractivity contribution < 1.29 is 9.90 Å². The highest BCUT2D eigenvalue weighted by Gasteiger charge is 2.05. The van der Waals surface area contributed by atoms with Crippen molar-refractivity contribution in [3.05, 3.63) is 23.8 Å². The van der Waals surface area contributed by atoms with Crippen LogP contribution in [0.5, 0.6) is 0 Å². The van der Waals surface area contributed by atoms with Crippen LogP contribution >= 0.6 is 0 Å². The zero-order chi connectivity index (χ0) is 15.0. The zero-order valence-electron chi connectivity index (χ0n) is 12.5. The molecule has 0 bridgehead atoms. The number of hydrogen-bond donors (Lipinski definition) is 3. The van der Waals surface area contributed by atoms with Crippen LogP contribution in [-0.2, 0) is 0 Å². The van der Waals surface area contributed by atoms with E-state index >= 15 is 0 Å². The Morgan fingerprint density at radius 1 is 1.25 bits per heavy atom. The Balaban J connectivity index is 2.24. The molecule has 4 N–H and O–H groups in total. The van der Waals surface area contributed by atoms with Gasteiger partial charge in [-0.1, -0.05) is 39.5 Å². The van der Waals surface area contributed by atoms with Crippen LogP contribution in [0, 0.1) is 5.92 Å². The summed E-state index contributed by atoms with van der Waals surface area (Å²) in [5.74, 6) is -0.158. The molecular weight excluding hydrogens is 252 g/mol. The number of aromatic carboxylic acids is 1. The first-order valence-corrected chi connectivity index (χ1v) is 7.37. The van der Waals surface area contributed by atoms with Crippen molar-refractivity contribution in [2.75, 3.05) is 17.6 Å². The molecule has 4 heteroatoms. The van der Waals surface area contributed by atoms with E-state index in [2.05, 4.69) is 19.2 Å². The highest BCUT2D eigenvalue weighted by atomic mass is 16.4. The lowest BCUT2D eigenvalue weighted by Crippen LogP contribution is -2.06. The van der Waals surface area contributed by atoms with E-state index in [1.54, 1.807) is 12.1 Å². The van der Waals surface area contributed by atoms with E-state index in [1.165, 1.54) is 31.7 Å². The molecule has 0 aliphatic carbocycles. The first kappa shape index (κ1) is 16.3. The van der Waals surface area contributed by atoms with Gasteiger partial charge in [-0.25, -0.2) is 4.79 Å². The number of anilines is 2. The van der Waals surface area contributed by atoms with E-state index in [4.69, 9.17) is 10.8 Å². The Kier molecular flexibility index (Phi) is 6.91. The summed E-state index contributed by atoms with van der Waals surface area (Å²) in [6.07, 6.45) is 6.20.